The molecule has 0 fully saturated rings. The van der Waals surface area contributed by atoms with Crippen LogP contribution in [0.4, 0.5) is 5.00 Å². The van der Waals surface area contributed by atoms with E-state index in [4.69, 9.17) is 5.73 Å². The normalized spacial score (nSPS) is 10.3. The molecular formula is C12H17N3O4S. The average molecular weight is 299 g/mol. The van der Waals surface area contributed by atoms with Crippen molar-refractivity contribution in [1.82, 2.24) is 4.90 Å². The van der Waals surface area contributed by atoms with E-state index in [0.717, 1.165) is 0 Å². The van der Waals surface area contributed by atoms with Crippen LogP contribution in [0.25, 0.3) is 0 Å². The Kier molecular flexibility index (Phi) is 6.13. The van der Waals surface area contributed by atoms with Crippen LogP contribution >= 0.6 is 11.3 Å². The van der Waals surface area contributed by atoms with Crippen molar-refractivity contribution in [2.24, 2.45) is 5.73 Å². The van der Waals surface area contributed by atoms with Crippen LogP contribution in [0.2, 0.25) is 0 Å². The van der Waals surface area contributed by atoms with Crippen LogP contribution in [0, 0.1) is 0 Å². The number of hydrogen-bond donors (Lipinski definition) is 2. The summed E-state index contributed by atoms with van der Waals surface area (Å²) >= 11 is 1.23. The maximum absolute atomic E-state index is 11.8. The van der Waals surface area contributed by atoms with Gasteiger partial charge in [-0.3, -0.25) is 19.3 Å². The number of rotatable bonds is 7. The standard InChI is InChI=1S/C12H17N3O4S/c1-15(5-3-10(17)19-2)7-9(16)14-12-8(11(13)18)4-6-20-12/h4,6H,3,5,7H2,1-2H3,(H2,13,18)(H,14,16). The van der Waals surface area contributed by atoms with Gasteiger partial charge in [-0.2, -0.15) is 0 Å². The summed E-state index contributed by atoms with van der Waals surface area (Å²) in [4.78, 5) is 35.6. The van der Waals surface area contributed by atoms with Gasteiger partial charge in [-0.05, 0) is 18.5 Å². The molecule has 20 heavy (non-hydrogen) atoms. The summed E-state index contributed by atoms with van der Waals surface area (Å²) in [6.45, 7) is 0.514. The first-order chi connectivity index (χ1) is 9.43. The summed E-state index contributed by atoms with van der Waals surface area (Å²) in [6, 6.07) is 1.56. The SMILES string of the molecule is COC(=O)CCN(C)CC(=O)Nc1sccc1C(N)=O. The fourth-order valence-corrected chi connectivity index (χ4v) is 2.28. The number of ether oxygens (including phenoxy) is 1. The Labute approximate surface area is 120 Å². The average Bonchev–Trinajstić information content (AvgIpc) is 2.83. The highest BCUT2D eigenvalue weighted by molar-refractivity contribution is 7.14. The monoisotopic (exact) mass is 299 g/mol. The number of anilines is 1. The molecule has 0 saturated carbocycles. The number of nitrogens with one attached hydrogen (secondary N) is 1. The summed E-state index contributed by atoms with van der Waals surface area (Å²) in [6.07, 6.45) is 0.214. The van der Waals surface area contributed by atoms with Gasteiger partial charge in [0.1, 0.15) is 5.00 Å². The fraction of sp³-hybridized carbons (Fsp3) is 0.417. The van der Waals surface area contributed by atoms with E-state index in [2.05, 4.69) is 10.1 Å². The highest BCUT2D eigenvalue weighted by atomic mass is 32.1. The Morgan fingerprint density at radius 2 is 2.15 bits per heavy atom. The first-order valence-electron chi connectivity index (χ1n) is 5.86. The van der Waals surface area contributed by atoms with Crippen molar-refractivity contribution in [2.75, 3.05) is 32.6 Å². The van der Waals surface area contributed by atoms with Crippen molar-refractivity contribution in [2.45, 2.75) is 6.42 Å². The van der Waals surface area contributed by atoms with E-state index in [1.807, 2.05) is 0 Å². The molecule has 2 amide bonds. The lowest BCUT2D eigenvalue weighted by molar-refractivity contribution is -0.141. The van der Waals surface area contributed by atoms with Gasteiger partial charge in [0.15, 0.2) is 0 Å². The first kappa shape index (κ1) is 16.1. The number of primary amides is 1. The maximum Gasteiger partial charge on any atom is 0.306 e. The van der Waals surface area contributed by atoms with Crippen LogP contribution < -0.4 is 11.1 Å². The molecule has 0 radical (unpaired) electrons. The Hall–Kier alpha value is -1.93. The highest BCUT2D eigenvalue weighted by Gasteiger charge is 2.14. The number of methoxy groups -OCH3 is 1. The lowest BCUT2D eigenvalue weighted by atomic mass is 10.3. The third-order valence-corrected chi connectivity index (χ3v) is 3.35. The number of carbonyl (C=O) groups is 3. The van der Waals surface area contributed by atoms with E-state index >= 15 is 0 Å². The number of nitrogens with two attached hydrogens (primary N) is 1. The van der Waals surface area contributed by atoms with Crippen LogP contribution in [-0.4, -0.2) is 49.9 Å². The van der Waals surface area contributed by atoms with Gasteiger partial charge < -0.3 is 15.8 Å². The van der Waals surface area contributed by atoms with Gasteiger partial charge in [0, 0.05) is 6.54 Å². The minimum absolute atomic E-state index is 0.104. The zero-order valence-electron chi connectivity index (χ0n) is 11.3. The summed E-state index contributed by atoms with van der Waals surface area (Å²) < 4.78 is 4.52. The van der Waals surface area contributed by atoms with Crippen molar-refractivity contribution in [3.05, 3.63) is 17.0 Å². The van der Waals surface area contributed by atoms with Crippen molar-refractivity contribution in [3.63, 3.8) is 0 Å². The molecule has 0 aliphatic heterocycles. The van der Waals surface area contributed by atoms with Gasteiger partial charge in [-0.1, -0.05) is 0 Å². The molecule has 0 aromatic carbocycles. The molecular weight excluding hydrogens is 282 g/mol. The van der Waals surface area contributed by atoms with E-state index in [0.29, 0.717) is 17.1 Å². The first-order valence-corrected chi connectivity index (χ1v) is 6.74. The minimum Gasteiger partial charge on any atom is -0.469 e. The van der Waals surface area contributed by atoms with Crippen molar-refractivity contribution in [1.29, 1.82) is 0 Å². The van der Waals surface area contributed by atoms with E-state index in [1.165, 1.54) is 18.4 Å². The minimum atomic E-state index is -0.583. The van der Waals surface area contributed by atoms with Gasteiger partial charge >= 0.3 is 5.97 Å². The lowest BCUT2D eigenvalue weighted by Gasteiger charge is -2.15. The zero-order valence-corrected chi connectivity index (χ0v) is 12.2. The molecule has 7 nitrogen and oxygen atoms in total. The van der Waals surface area contributed by atoms with Gasteiger partial charge in [0.05, 0.1) is 25.6 Å². The number of thiophene rings is 1. The number of esters is 1. The quantitative estimate of drug-likeness (QED) is 0.704. The van der Waals surface area contributed by atoms with Gasteiger partial charge in [0.2, 0.25) is 5.91 Å². The third kappa shape index (κ3) is 4.98. The number of likely N-dealkylation sites (N-methyl/N-ethyl adjacent to an activating group) is 1. The van der Waals surface area contributed by atoms with E-state index in [-0.39, 0.29) is 24.8 Å². The molecule has 0 bridgehead atoms. The molecule has 0 saturated heterocycles. The van der Waals surface area contributed by atoms with Crippen molar-refractivity contribution in [3.8, 4) is 0 Å². The number of carbonyl (C=O) groups excluding carboxylic acids is 3. The second kappa shape index (κ2) is 7.61. The largest absolute Gasteiger partial charge is 0.469 e. The maximum atomic E-state index is 11.8. The van der Waals surface area contributed by atoms with Crippen molar-refractivity contribution >= 4 is 34.1 Å². The van der Waals surface area contributed by atoms with Crippen LogP contribution in [-0.2, 0) is 14.3 Å². The fourth-order valence-electron chi connectivity index (χ4n) is 1.47. The lowest BCUT2D eigenvalue weighted by Crippen LogP contribution is -2.32. The molecule has 0 aliphatic rings. The van der Waals surface area contributed by atoms with Crippen LogP contribution in [0.3, 0.4) is 0 Å². The summed E-state index contributed by atoms with van der Waals surface area (Å²) in [5.41, 5.74) is 5.48. The predicted molar refractivity (Wildman–Crippen MR) is 75.6 cm³/mol. The van der Waals surface area contributed by atoms with Crippen LogP contribution in [0.1, 0.15) is 16.8 Å². The topological polar surface area (TPSA) is 102 Å². The molecule has 1 heterocycles. The molecule has 1 rings (SSSR count). The zero-order chi connectivity index (χ0) is 15.1. The molecule has 8 heteroatoms. The molecule has 110 valence electrons. The third-order valence-electron chi connectivity index (χ3n) is 2.52. The Morgan fingerprint density at radius 1 is 1.45 bits per heavy atom. The van der Waals surface area contributed by atoms with Crippen LogP contribution in [0.15, 0.2) is 11.4 Å². The van der Waals surface area contributed by atoms with E-state index in [9.17, 15) is 14.4 Å². The smallest absolute Gasteiger partial charge is 0.306 e. The van der Waals surface area contributed by atoms with Gasteiger partial charge in [-0.15, -0.1) is 11.3 Å². The second-order valence-corrected chi connectivity index (χ2v) is 5.06. The molecule has 0 spiro atoms. The Balaban J connectivity index is 2.45. The second-order valence-electron chi connectivity index (χ2n) is 4.14. The molecule has 0 unspecified atom stereocenters. The summed E-state index contributed by atoms with van der Waals surface area (Å²) in [7, 11) is 3.03. The van der Waals surface area contributed by atoms with Gasteiger partial charge in [0.25, 0.3) is 5.91 Å². The Bertz CT molecular complexity index is 501. The highest BCUT2D eigenvalue weighted by Crippen LogP contribution is 2.22. The molecule has 0 aliphatic carbocycles. The van der Waals surface area contributed by atoms with E-state index in [1.54, 1.807) is 23.4 Å². The Morgan fingerprint density at radius 3 is 2.75 bits per heavy atom. The molecule has 0 atom stereocenters. The molecule has 1 aromatic heterocycles. The molecule has 1 aromatic rings. The van der Waals surface area contributed by atoms with Crippen LogP contribution in [0.5, 0.6) is 0 Å². The van der Waals surface area contributed by atoms with Gasteiger partial charge in [-0.25, -0.2) is 0 Å². The summed E-state index contributed by atoms with van der Waals surface area (Å²) in [5, 5.41) is 4.74. The van der Waals surface area contributed by atoms with Crippen molar-refractivity contribution < 1.29 is 19.1 Å². The summed E-state index contributed by atoms with van der Waals surface area (Å²) in [5.74, 6) is -1.19. The predicted octanol–water partition coefficient (Wildman–Crippen LogP) is 0.280. The molecule has 3 N–H and O–H groups in total. The number of amides is 2. The number of nitrogens with zero attached hydrogens (tertiary/aromatic N) is 1. The number of hydrogen-bond acceptors (Lipinski definition) is 6. The van der Waals surface area contributed by atoms with E-state index < -0.39 is 5.91 Å².